The van der Waals surface area contributed by atoms with E-state index < -0.39 is 37.8 Å². The summed E-state index contributed by atoms with van der Waals surface area (Å²) in [5, 5.41) is 11.7. The van der Waals surface area contributed by atoms with Gasteiger partial charge in [-0.3, -0.25) is 0 Å². The highest BCUT2D eigenvalue weighted by Crippen LogP contribution is 2.48. The van der Waals surface area contributed by atoms with Gasteiger partial charge in [0.15, 0.2) is 10.1 Å². The van der Waals surface area contributed by atoms with Crippen molar-refractivity contribution in [2.45, 2.75) is 82.8 Å². The van der Waals surface area contributed by atoms with Gasteiger partial charge in [0.2, 0.25) is 0 Å². The molecule has 1 N–H and O–H groups in total. The Morgan fingerprint density at radius 2 is 1.92 bits per heavy atom. The van der Waals surface area contributed by atoms with E-state index in [1.807, 2.05) is 20.8 Å². The number of carbonyl (C=O) groups excluding carboxylic acids is 2. The van der Waals surface area contributed by atoms with Crippen LogP contribution in [-0.2, 0) is 19.6 Å². The first kappa shape index (κ1) is 22.8. The molecule has 0 aromatic rings. The highest BCUT2D eigenvalue weighted by molar-refractivity contribution is 8.75. The Morgan fingerprint density at radius 3 is 2.40 bits per heavy atom. The molecular formula is C17H31NO4S3. The number of carboxylic acids is 1. The summed E-state index contributed by atoms with van der Waals surface area (Å²) in [4.78, 5) is 23.9. The molecule has 1 saturated carbocycles. The van der Waals surface area contributed by atoms with Crippen LogP contribution in [0, 0.1) is 5.41 Å². The molecule has 146 valence electrons. The molecule has 2 atom stereocenters. The van der Waals surface area contributed by atoms with Gasteiger partial charge < -0.3 is 14.6 Å². The Labute approximate surface area is 163 Å². The summed E-state index contributed by atoms with van der Waals surface area (Å²) in [5.74, 6) is -0.232. The lowest BCUT2D eigenvalue weighted by atomic mass is 9.88. The van der Waals surface area contributed by atoms with Crippen LogP contribution in [0.25, 0.3) is 0 Å². The maximum atomic E-state index is 12.1. The fraction of sp³-hybridized carbons (Fsp3) is 0.882. The van der Waals surface area contributed by atoms with E-state index in [0.717, 1.165) is 37.9 Å². The van der Waals surface area contributed by atoms with E-state index in [-0.39, 0.29) is 0 Å². The van der Waals surface area contributed by atoms with Crippen LogP contribution in [0.1, 0.15) is 72.6 Å². The van der Waals surface area contributed by atoms with Gasteiger partial charge in [-0.15, -0.1) is 4.72 Å². The van der Waals surface area contributed by atoms with Crippen molar-refractivity contribution in [1.29, 1.82) is 0 Å². The van der Waals surface area contributed by atoms with Gasteiger partial charge in [-0.2, -0.15) is 12.6 Å². The predicted octanol–water partition coefficient (Wildman–Crippen LogP) is 3.45. The molecule has 0 bridgehead atoms. The van der Waals surface area contributed by atoms with Gasteiger partial charge in [0.1, 0.15) is 26.7 Å². The Kier molecular flexibility index (Phi) is 9.32. The molecule has 0 aromatic heterocycles. The quantitative estimate of drug-likeness (QED) is 0.200. The molecule has 0 radical (unpaired) electrons. The van der Waals surface area contributed by atoms with E-state index in [1.165, 1.54) is 10.8 Å². The molecule has 8 heteroatoms. The van der Waals surface area contributed by atoms with Crippen molar-refractivity contribution in [3.63, 3.8) is 0 Å². The molecule has 0 aliphatic heterocycles. The number of amides is 1. The number of carboxylic acid groups (broad SMARTS) is 1. The minimum absolute atomic E-state index is 0.403. The fourth-order valence-corrected chi connectivity index (χ4v) is 7.94. The molecular weight excluding hydrogens is 378 g/mol. The van der Waals surface area contributed by atoms with Crippen molar-refractivity contribution in [1.82, 2.24) is 4.72 Å². The second-order valence-corrected chi connectivity index (χ2v) is 12.1. The van der Waals surface area contributed by atoms with Crippen molar-refractivity contribution < 1.29 is 19.4 Å². The largest absolute Gasteiger partial charge is 0.549 e. The number of carbonyl (C=O) groups is 2. The average Bonchev–Trinajstić information content (AvgIpc) is 2.96. The van der Waals surface area contributed by atoms with Crippen molar-refractivity contribution >= 4 is 45.6 Å². The monoisotopic (exact) mass is 409 g/mol. The summed E-state index contributed by atoms with van der Waals surface area (Å²) in [5.41, 5.74) is -1.47. The van der Waals surface area contributed by atoms with Crippen molar-refractivity contribution in [3.8, 4) is 0 Å². The maximum absolute atomic E-state index is 12.1. The molecule has 0 heterocycles. The second-order valence-electron chi connectivity index (χ2n) is 7.46. The summed E-state index contributed by atoms with van der Waals surface area (Å²) in [6.07, 6.45) is 5.62. The van der Waals surface area contributed by atoms with Crippen LogP contribution >= 0.6 is 23.4 Å². The highest BCUT2D eigenvalue weighted by Gasteiger charge is 2.46. The minimum Gasteiger partial charge on any atom is -0.549 e. The molecule has 1 fully saturated rings. The summed E-state index contributed by atoms with van der Waals surface area (Å²) in [7, 11) is 0.898. The smallest absolute Gasteiger partial charge is 0.450 e. The van der Waals surface area contributed by atoms with Crippen molar-refractivity contribution in [2.24, 2.45) is 5.41 Å². The van der Waals surface area contributed by atoms with Gasteiger partial charge in [0.05, 0.1) is 0 Å². The molecule has 0 spiro atoms. The normalized spacial score (nSPS) is 19.2. The molecule has 25 heavy (non-hydrogen) atoms. The van der Waals surface area contributed by atoms with E-state index in [1.54, 1.807) is 0 Å². The lowest BCUT2D eigenvalue weighted by Crippen LogP contribution is -2.46. The van der Waals surface area contributed by atoms with Crippen molar-refractivity contribution in [2.75, 3.05) is 5.75 Å². The Balaban J connectivity index is 2.74. The topological polar surface area (TPSA) is 78.5 Å². The Bertz CT molecular complexity index is 448. The number of hydrogen-bond acceptors (Lipinski definition) is 6. The summed E-state index contributed by atoms with van der Waals surface area (Å²) in [6, 6.07) is 0. The third-order valence-corrected chi connectivity index (χ3v) is 9.29. The average molecular weight is 410 g/mol. The maximum Gasteiger partial charge on any atom is 0.450 e. The van der Waals surface area contributed by atoms with Crippen LogP contribution in [0.2, 0.25) is 0 Å². The number of ether oxygens (including phenoxy) is 1. The molecule has 5 nitrogen and oxygen atoms in total. The van der Waals surface area contributed by atoms with Crippen molar-refractivity contribution in [3.05, 3.63) is 0 Å². The van der Waals surface area contributed by atoms with Crippen LogP contribution in [0.15, 0.2) is 0 Å². The molecule has 1 aliphatic rings. The first-order valence-electron chi connectivity index (χ1n) is 8.88. The zero-order chi connectivity index (χ0) is 19.1. The SMILES string of the molecule is CCCCC[S+](NC(=O)OC(C)(C)C)SC(S)C1(C(=O)[O-])CCCC1. The number of hydrogen-bond donors (Lipinski definition) is 2. The van der Waals surface area contributed by atoms with E-state index in [9.17, 15) is 14.7 Å². The molecule has 1 amide bonds. The number of thiol groups is 1. The van der Waals surface area contributed by atoms with E-state index in [0.29, 0.717) is 12.8 Å². The number of aliphatic carboxylic acids is 1. The Morgan fingerprint density at radius 1 is 1.32 bits per heavy atom. The first-order valence-corrected chi connectivity index (χ1v) is 12.2. The lowest BCUT2D eigenvalue weighted by molar-refractivity contribution is -0.318. The van der Waals surface area contributed by atoms with Crippen LogP contribution < -0.4 is 9.83 Å². The van der Waals surface area contributed by atoms with Gasteiger partial charge in [-0.05, 0) is 46.5 Å². The van der Waals surface area contributed by atoms with E-state index in [4.69, 9.17) is 4.74 Å². The standard InChI is InChI=1S/C17H31NO4S3/c1-5-6-9-12-25(18-15(21)22-16(2,3)4)24-14(23)17(13(19)20)10-7-8-11-17/h14H,5-12H2,1-4H3,(H2-,18,19,20,21,23). The van der Waals surface area contributed by atoms with E-state index >= 15 is 0 Å². The van der Waals surface area contributed by atoms with Gasteiger partial charge >= 0.3 is 6.09 Å². The molecule has 1 rings (SSSR count). The number of rotatable bonds is 9. The molecule has 2 unspecified atom stereocenters. The third kappa shape index (κ3) is 7.51. The summed E-state index contributed by atoms with van der Waals surface area (Å²) < 4.78 is 7.85. The number of nitrogens with one attached hydrogen (secondary N) is 1. The molecule has 1 aliphatic carbocycles. The zero-order valence-corrected chi connectivity index (χ0v) is 18.2. The third-order valence-electron chi connectivity index (χ3n) is 4.11. The van der Waals surface area contributed by atoms with Crippen LogP contribution in [0.4, 0.5) is 4.79 Å². The van der Waals surface area contributed by atoms with Gasteiger partial charge in [0, 0.05) is 11.4 Å². The lowest BCUT2D eigenvalue weighted by Gasteiger charge is -2.33. The number of unbranched alkanes of at least 4 members (excludes halogenated alkanes) is 2. The minimum atomic E-state index is -1.02. The summed E-state index contributed by atoms with van der Waals surface area (Å²) in [6.45, 7) is 7.58. The summed E-state index contributed by atoms with van der Waals surface area (Å²) >= 11 is 4.60. The fourth-order valence-electron chi connectivity index (χ4n) is 2.76. The predicted molar refractivity (Wildman–Crippen MR) is 107 cm³/mol. The first-order chi connectivity index (χ1) is 11.6. The zero-order valence-electron chi connectivity index (χ0n) is 15.6. The highest BCUT2D eigenvalue weighted by atomic mass is 33.1. The van der Waals surface area contributed by atoms with Crippen LogP contribution in [-0.4, -0.2) is 28.0 Å². The van der Waals surface area contributed by atoms with Gasteiger partial charge in [-0.1, -0.05) is 26.2 Å². The second kappa shape index (κ2) is 10.2. The Hall–Kier alpha value is -0.210. The molecule has 0 aromatic carbocycles. The van der Waals surface area contributed by atoms with Crippen LogP contribution in [0.3, 0.4) is 0 Å². The van der Waals surface area contributed by atoms with Crippen LogP contribution in [0.5, 0.6) is 0 Å². The van der Waals surface area contributed by atoms with Gasteiger partial charge in [-0.25, -0.2) is 4.79 Å². The van der Waals surface area contributed by atoms with Gasteiger partial charge in [0.25, 0.3) is 0 Å². The van der Waals surface area contributed by atoms with E-state index in [2.05, 4.69) is 24.3 Å². The molecule has 0 saturated heterocycles.